The summed E-state index contributed by atoms with van der Waals surface area (Å²) >= 11 is 1.84. The van der Waals surface area contributed by atoms with Gasteiger partial charge in [-0.15, -0.1) is 0 Å². The van der Waals surface area contributed by atoms with Gasteiger partial charge in [-0.1, -0.05) is 0 Å². The number of urea groups is 1. The smallest absolute Gasteiger partial charge is 0.371 e. The van der Waals surface area contributed by atoms with E-state index in [9.17, 15) is 9.59 Å². The Balaban J connectivity index is 1.74. The third-order valence-corrected chi connectivity index (χ3v) is 4.01. The fourth-order valence-electron chi connectivity index (χ4n) is 1.85. The number of carboxylic acids is 1. The molecule has 104 valence electrons. The Morgan fingerprint density at radius 1 is 1.47 bits per heavy atom. The number of hydrogen-bond donors (Lipinski definition) is 3. The third-order valence-electron chi connectivity index (χ3n) is 2.79. The molecule has 1 atom stereocenters. The summed E-state index contributed by atoms with van der Waals surface area (Å²) in [7, 11) is 0. The zero-order valence-electron chi connectivity index (χ0n) is 10.3. The lowest BCUT2D eigenvalue weighted by Crippen LogP contribution is -2.44. The highest BCUT2D eigenvalue weighted by Gasteiger charge is 2.16. The van der Waals surface area contributed by atoms with E-state index in [-0.39, 0.29) is 24.4 Å². The molecule has 3 N–H and O–H groups in total. The van der Waals surface area contributed by atoms with Crippen molar-refractivity contribution in [3.05, 3.63) is 23.7 Å². The average Bonchev–Trinajstić information content (AvgIpc) is 2.86. The van der Waals surface area contributed by atoms with E-state index >= 15 is 0 Å². The highest BCUT2D eigenvalue weighted by molar-refractivity contribution is 7.99. The Morgan fingerprint density at radius 3 is 2.95 bits per heavy atom. The lowest BCUT2D eigenvalue weighted by atomic mass is 10.2. The van der Waals surface area contributed by atoms with Gasteiger partial charge in [0.15, 0.2) is 0 Å². The molecule has 1 aromatic heterocycles. The van der Waals surface area contributed by atoms with Crippen LogP contribution in [0.15, 0.2) is 16.5 Å². The van der Waals surface area contributed by atoms with Crippen LogP contribution in [0, 0.1) is 0 Å². The van der Waals surface area contributed by atoms with Gasteiger partial charge in [-0.2, -0.15) is 11.8 Å². The fraction of sp³-hybridized carbons (Fsp3) is 0.500. The molecule has 19 heavy (non-hydrogen) atoms. The van der Waals surface area contributed by atoms with Crippen molar-refractivity contribution in [3.63, 3.8) is 0 Å². The molecule has 1 unspecified atom stereocenters. The van der Waals surface area contributed by atoms with Gasteiger partial charge in [0.25, 0.3) is 0 Å². The van der Waals surface area contributed by atoms with E-state index in [0.717, 1.165) is 24.3 Å². The number of carbonyl (C=O) groups is 2. The predicted octanol–water partition coefficient (Wildman–Crippen LogP) is 1.67. The maximum Gasteiger partial charge on any atom is 0.371 e. The van der Waals surface area contributed by atoms with Gasteiger partial charge in [0, 0.05) is 11.8 Å². The number of thioether (sulfide) groups is 1. The SMILES string of the molecule is O=C(NCc1ccc(C(=O)O)o1)NC1CCCSC1. The summed E-state index contributed by atoms with van der Waals surface area (Å²) in [4.78, 5) is 22.3. The van der Waals surface area contributed by atoms with Gasteiger partial charge >= 0.3 is 12.0 Å². The summed E-state index contributed by atoms with van der Waals surface area (Å²) < 4.78 is 5.04. The molecule has 6 nitrogen and oxygen atoms in total. The van der Waals surface area contributed by atoms with Crippen molar-refractivity contribution in [2.24, 2.45) is 0 Å². The number of carbonyl (C=O) groups excluding carboxylic acids is 1. The molecule has 2 rings (SSSR count). The molecule has 1 aromatic rings. The quantitative estimate of drug-likeness (QED) is 0.782. The molecule has 0 spiro atoms. The Kier molecular flexibility index (Phi) is 4.73. The molecule has 7 heteroatoms. The van der Waals surface area contributed by atoms with Crippen molar-refractivity contribution in [2.75, 3.05) is 11.5 Å². The minimum absolute atomic E-state index is 0.124. The second-order valence-corrected chi connectivity index (χ2v) is 5.46. The van der Waals surface area contributed by atoms with Crippen LogP contribution >= 0.6 is 11.8 Å². The number of hydrogen-bond acceptors (Lipinski definition) is 4. The Bertz CT molecular complexity index is 454. The molecule has 0 saturated carbocycles. The largest absolute Gasteiger partial charge is 0.475 e. The molecular weight excluding hydrogens is 268 g/mol. The van der Waals surface area contributed by atoms with Crippen LogP contribution < -0.4 is 10.6 Å². The normalized spacial score (nSPS) is 18.8. The molecule has 2 amide bonds. The summed E-state index contributed by atoms with van der Waals surface area (Å²) in [6.07, 6.45) is 2.13. The summed E-state index contributed by atoms with van der Waals surface area (Å²) in [6, 6.07) is 2.88. The van der Waals surface area contributed by atoms with Crippen LogP contribution in [-0.2, 0) is 6.54 Å². The molecule has 1 saturated heterocycles. The van der Waals surface area contributed by atoms with Crippen molar-refractivity contribution in [1.29, 1.82) is 0 Å². The first kappa shape index (κ1) is 13.8. The minimum atomic E-state index is -1.12. The summed E-state index contributed by atoms with van der Waals surface area (Å²) in [5, 5.41) is 14.2. The van der Waals surface area contributed by atoms with Crippen LogP contribution in [0.25, 0.3) is 0 Å². The van der Waals surface area contributed by atoms with E-state index in [1.54, 1.807) is 6.07 Å². The van der Waals surface area contributed by atoms with Gasteiger partial charge in [-0.05, 0) is 30.7 Å². The molecule has 1 aliphatic heterocycles. The van der Waals surface area contributed by atoms with E-state index < -0.39 is 5.97 Å². The van der Waals surface area contributed by atoms with Crippen LogP contribution in [-0.4, -0.2) is 34.7 Å². The lowest BCUT2D eigenvalue weighted by Gasteiger charge is -2.22. The Labute approximate surface area is 114 Å². The van der Waals surface area contributed by atoms with Gasteiger partial charge in [0.2, 0.25) is 5.76 Å². The number of furan rings is 1. The molecular formula is C12H16N2O4S. The van der Waals surface area contributed by atoms with Crippen LogP contribution in [0.3, 0.4) is 0 Å². The van der Waals surface area contributed by atoms with Crippen molar-refractivity contribution in [1.82, 2.24) is 10.6 Å². The Morgan fingerprint density at radius 2 is 2.32 bits per heavy atom. The van der Waals surface area contributed by atoms with Gasteiger partial charge < -0.3 is 20.2 Å². The summed E-state index contributed by atoms with van der Waals surface area (Å²) in [5.41, 5.74) is 0. The zero-order valence-corrected chi connectivity index (χ0v) is 11.2. The van der Waals surface area contributed by atoms with Gasteiger partial charge in [-0.3, -0.25) is 0 Å². The van der Waals surface area contributed by atoms with E-state index in [2.05, 4.69) is 10.6 Å². The standard InChI is InChI=1S/C12H16N2O4S/c15-11(16)10-4-3-9(18-10)6-13-12(17)14-8-2-1-5-19-7-8/h3-4,8H,1-2,5-7H2,(H,15,16)(H2,13,14,17). The molecule has 0 radical (unpaired) electrons. The minimum Gasteiger partial charge on any atom is -0.475 e. The highest BCUT2D eigenvalue weighted by atomic mass is 32.2. The third kappa shape index (κ3) is 4.20. The second kappa shape index (κ2) is 6.51. The van der Waals surface area contributed by atoms with Gasteiger partial charge in [0.05, 0.1) is 6.54 Å². The topological polar surface area (TPSA) is 91.6 Å². The fourth-order valence-corrected chi connectivity index (χ4v) is 2.92. The Hall–Kier alpha value is -1.63. The monoisotopic (exact) mass is 284 g/mol. The number of nitrogens with one attached hydrogen (secondary N) is 2. The van der Waals surface area contributed by atoms with Crippen LogP contribution in [0.1, 0.15) is 29.2 Å². The molecule has 0 aromatic carbocycles. The first-order chi connectivity index (χ1) is 9.15. The van der Waals surface area contributed by atoms with E-state index in [4.69, 9.17) is 9.52 Å². The number of aromatic carboxylic acids is 1. The van der Waals surface area contributed by atoms with Crippen molar-refractivity contribution >= 4 is 23.8 Å². The average molecular weight is 284 g/mol. The number of rotatable bonds is 4. The molecule has 1 fully saturated rings. The van der Waals surface area contributed by atoms with Crippen molar-refractivity contribution < 1.29 is 19.1 Å². The van der Waals surface area contributed by atoms with E-state index in [1.165, 1.54) is 6.07 Å². The summed E-state index contributed by atoms with van der Waals surface area (Å²) in [5.74, 6) is 1.28. The molecule has 2 heterocycles. The first-order valence-corrected chi connectivity index (χ1v) is 7.25. The highest BCUT2D eigenvalue weighted by Crippen LogP contribution is 2.16. The molecule has 0 bridgehead atoms. The van der Waals surface area contributed by atoms with E-state index in [0.29, 0.717) is 5.76 Å². The van der Waals surface area contributed by atoms with Gasteiger partial charge in [0.1, 0.15) is 5.76 Å². The van der Waals surface area contributed by atoms with Crippen molar-refractivity contribution in [2.45, 2.75) is 25.4 Å². The van der Waals surface area contributed by atoms with Crippen LogP contribution in [0.5, 0.6) is 0 Å². The number of carboxylic acid groups (broad SMARTS) is 1. The molecule has 1 aliphatic rings. The first-order valence-electron chi connectivity index (χ1n) is 6.09. The zero-order chi connectivity index (χ0) is 13.7. The van der Waals surface area contributed by atoms with E-state index in [1.807, 2.05) is 11.8 Å². The van der Waals surface area contributed by atoms with Gasteiger partial charge in [-0.25, -0.2) is 9.59 Å². The molecule has 0 aliphatic carbocycles. The van der Waals surface area contributed by atoms with Crippen molar-refractivity contribution in [3.8, 4) is 0 Å². The number of amides is 2. The maximum atomic E-state index is 11.6. The second-order valence-electron chi connectivity index (χ2n) is 4.31. The predicted molar refractivity (Wildman–Crippen MR) is 71.4 cm³/mol. The summed E-state index contributed by atoms with van der Waals surface area (Å²) in [6.45, 7) is 0.180. The van der Waals surface area contributed by atoms with Crippen LogP contribution in [0.2, 0.25) is 0 Å². The van der Waals surface area contributed by atoms with Crippen LogP contribution in [0.4, 0.5) is 4.79 Å². The maximum absolute atomic E-state index is 11.6. The lowest BCUT2D eigenvalue weighted by molar-refractivity contribution is 0.0660.